The first-order valence-corrected chi connectivity index (χ1v) is 8.61. The molecule has 2 fully saturated rings. The van der Waals surface area contributed by atoms with Gasteiger partial charge in [0.1, 0.15) is 0 Å². The van der Waals surface area contributed by atoms with E-state index in [0.717, 1.165) is 56.9 Å². The fourth-order valence-electron chi connectivity index (χ4n) is 4.31. The number of rotatable bonds is 4. The van der Waals surface area contributed by atoms with E-state index in [9.17, 15) is 5.11 Å². The molecule has 5 nitrogen and oxygen atoms in total. The number of hydrogen-bond donors (Lipinski definition) is 1. The van der Waals surface area contributed by atoms with Gasteiger partial charge in [0.15, 0.2) is 0 Å². The second-order valence-corrected chi connectivity index (χ2v) is 6.94. The minimum Gasteiger partial charge on any atom is -0.481 e. The zero-order valence-electron chi connectivity index (χ0n) is 14.1. The van der Waals surface area contributed by atoms with Crippen molar-refractivity contribution < 1.29 is 9.84 Å². The molecule has 1 aromatic heterocycles. The van der Waals surface area contributed by atoms with E-state index in [2.05, 4.69) is 16.9 Å². The van der Waals surface area contributed by atoms with Crippen LogP contribution in [0.4, 0.5) is 0 Å². The first kappa shape index (κ1) is 15.8. The van der Waals surface area contributed by atoms with Crippen LogP contribution in [0.15, 0.2) is 0 Å². The normalized spacial score (nSPS) is 29.4. The number of nitrogens with zero attached hydrogens (tertiary/aromatic N) is 3. The predicted octanol–water partition coefficient (Wildman–Crippen LogP) is 2.12. The summed E-state index contributed by atoms with van der Waals surface area (Å²) in [5.74, 6) is 1.31. The molecule has 1 saturated carbocycles. The number of fused-ring (bicyclic) bond motifs is 1. The van der Waals surface area contributed by atoms with Crippen molar-refractivity contribution in [1.29, 1.82) is 0 Å². The summed E-state index contributed by atoms with van der Waals surface area (Å²) in [4.78, 5) is 2.48. The summed E-state index contributed by atoms with van der Waals surface area (Å²) >= 11 is 0. The molecule has 1 aromatic rings. The topological polar surface area (TPSA) is 50.5 Å². The van der Waals surface area contributed by atoms with Gasteiger partial charge in [-0.2, -0.15) is 5.10 Å². The maximum Gasteiger partial charge on any atom is 0.216 e. The van der Waals surface area contributed by atoms with Crippen molar-refractivity contribution >= 4 is 0 Å². The number of piperidine rings is 1. The Balaban J connectivity index is 1.74. The van der Waals surface area contributed by atoms with E-state index < -0.39 is 5.60 Å². The fourth-order valence-corrected chi connectivity index (χ4v) is 4.31. The minimum atomic E-state index is -0.401. The van der Waals surface area contributed by atoms with E-state index in [0.29, 0.717) is 5.92 Å². The van der Waals surface area contributed by atoms with E-state index in [-0.39, 0.29) is 0 Å². The van der Waals surface area contributed by atoms with Crippen LogP contribution >= 0.6 is 0 Å². The van der Waals surface area contributed by atoms with E-state index in [1.807, 2.05) is 11.7 Å². The van der Waals surface area contributed by atoms with Crippen LogP contribution in [0.2, 0.25) is 0 Å². The lowest BCUT2D eigenvalue weighted by atomic mass is 9.71. The fraction of sp³-hybridized carbons (Fsp3) is 0.824. The zero-order valence-corrected chi connectivity index (χ0v) is 14.1. The molecule has 0 amide bonds. The lowest BCUT2D eigenvalue weighted by molar-refractivity contribution is -0.0968. The largest absolute Gasteiger partial charge is 0.481 e. The molecule has 0 bridgehead atoms. The highest BCUT2D eigenvalue weighted by molar-refractivity contribution is 5.31. The number of ether oxygens (including phenoxy) is 1. The Kier molecular flexibility index (Phi) is 4.46. The first-order chi connectivity index (χ1) is 10.6. The predicted molar refractivity (Wildman–Crippen MR) is 85.9 cm³/mol. The first-order valence-electron chi connectivity index (χ1n) is 8.61. The van der Waals surface area contributed by atoms with Crippen molar-refractivity contribution in [2.45, 2.75) is 57.6 Å². The standard InChI is InChI=1S/C17H29N3O2/c1-4-15-14(16(22-3)19(2)18-15)12-20-10-9-17(21)8-6-5-7-13(17)11-20/h13,21H,4-12H2,1-3H3. The number of aryl methyl sites for hydroxylation is 2. The Bertz CT molecular complexity index is 528. The van der Waals surface area contributed by atoms with Gasteiger partial charge in [0.2, 0.25) is 5.88 Å². The van der Waals surface area contributed by atoms with Crippen molar-refractivity contribution in [2.24, 2.45) is 13.0 Å². The second-order valence-electron chi connectivity index (χ2n) is 6.94. The molecule has 2 unspecified atom stereocenters. The number of methoxy groups -OCH3 is 1. The highest BCUT2D eigenvalue weighted by Crippen LogP contribution is 2.40. The van der Waals surface area contributed by atoms with Crippen molar-refractivity contribution in [3.8, 4) is 5.88 Å². The van der Waals surface area contributed by atoms with Crippen LogP contribution in [0.1, 0.15) is 50.3 Å². The van der Waals surface area contributed by atoms with Crippen LogP contribution in [-0.4, -0.2) is 45.6 Å². The summed E-state index contributed by atoms with van der Waals surface area (Å²) in [6.45, 7) is 4.99. The molecular formula is C17H29N3O2. The Labute approximate surface area is 133 Å². The van der Waals surface area contributed by atoms with Gasteiger partial charge in [-0.3, -0.25) is 4.90 Å². The summed E-state index contributed by atoms with van der Waals surface area (Å²) < 4.78 is 7.39. The zero-order chi connectivity index (χ0) is 15.7. The Morgan fingerprint density at radius 3 is 2.91 bits per heavy atom. The van der Waals surface area contributed by atoms with Crippen molar-refractivity contribution in [3.63, 3.8) is 0 Å². The highest BCUT2D eigenvalue weighted by atomic mass is 16.5. The van der Waals surface area contributed by atoms with Crippen LogP contribution in [-0.2, 0) is 20.0 Å². The van der Waals surface area contributed by atoms with E-state index in [4.69, 9.17) is 4.74 Å². The summed E-state index contributed by atoms with van der Waals surface area (Å²) in [6, 6.07) is 0. The highest BCUT2D eigenvalue weighted by Gasteiger charge is 2.42. The molecule has 124 valence electrons. The molecular weight excluding hydrogens is 278 g/mol. The van der Waals surface area contributed by atoms with Crippen molar-refractivity contribution in [2.75, 3.05) is 20.2 Å². The van der Waals surface area contributed by atoms with Crippen molar-refractivity contribution in [3.05, 3.63) is 11.3 Å². The third-order valence-corrected chi connectivity index (χ3v) is 5.59. The number of likely N-dealkylation sites (tertiary alicyclic amines) is 1. The lowest BCUT2D eigenvalue weighted by Gasteiger charge is -2.47. The van der Waals surface area contributed by atoms with Gasteiger partial charge in [0.05, 0.1) is 24.0 Å². The molecule has 22 heavy (non-hydrogen) atoms. The molecule has 1 aliphatic carbocycles. The number of aliphatic hydroxyl groups is 1. The van der Waals surface area contributed by atoms with Crippen LogP contribution in [0, 0.1) is 5.92 Å². The molecule has 3 rings (SSSR count). The molecule has 5 heteroatoms. The van der Waals surface area contributed by atoms with E-state index in [1.165, 1.54) is 18.4 Å². The van der Waals surface area contributed by atoms with Gasteiger partial charge in [0, 0.05) is 32.6 Å². The van der Waals surface area contributed by atoms with Gasteiger partial charge in [-0.15, -0.1) is 0 Å². The quantitative estimate of drug-likeness (QED) is 0.926. The molecule has 0 aromatic carbocycles. The second kappa shape index (κ2) is 6.20. The maximum atomic E-state index is 10.8. The smallest absolute Gasteiger partial charge is 0.216 e. The molecule has 0 spiro atoms. The molecule has 1 N–H and O–H groups in total. The third-order valence-electron chi connectivity index (χ3n) is 5.59. The third kappa shape index (κ3) is 2.76. The Morgan fingerprint density at radius 1 is 1.36 bits per heavy atom. The lowest BCUT2D eigenvalue weighted by Crippen LogP contribution is -2.53. The Morgan fingerprint density at radius 2 is 2.18 bits per heavy atom. The molecule has 2 atom stereocenters. The van der Waals surface area contributed by atoms with Gasteiger partial charge < -0.3 is 9.84 Å². The summed E-state index contributed by atoms with van der Waals surface area (Å²) in [6.07, 6.45) is 6.43. The summed E-state index contributed by atoms with van der Waals surface area (Å²) in [5.41, 5.74) is 1.94. The number of aromatic nitrogens is 2. The number of hydrogen-bond acceptors (Lipinski definition) is 4. The average molecular weight is 307 g/mol. The van der Waals surface area contributed by atoms with E-state index in [1.54, 1.807) is 7.11 Å². The summed E-state index contributed by atoms with van der Waals surface area (Å²) in [5, 5.41) is 15.4. The van der Waals surface area contributed by atoms with Gasteiger partial charge in [-0.25, -0.2) is 4.68 Å². The van der Waals surface area contributed by atoms with Gasteiger partial charge in [-0.1, -0.05) is 19.8 Å². The van der Waals surface area contributed by atoms with Gasteiger partial charge in [0.25, 0.3) is 0 Å². The van der Waals surface area contributed by atoms with E-state index >= 15 is 0 Å². The monoisotopic (exact) mass is 307 g/mol. The van der Waals surface area contributed by atoms with Crippen molar-refractivity contribution in [1.82, 2.24) is 14.7 Å². The molecule has 1 saturated heterocycles. The SMILES string of the molecule is CCc1nn(C)c(OC)c1CN1CCC2(O)CCCCC2C1. The minimum absolute atomic E-state index is 0.401. The van der Waals surface area contributed by atoms with Crippen LogP contribution in [0.25, 0.3) is 0 Å². The molecule has 2 heterocycles. The Hall–Kier alpha value is -1.07. The van der Waals surface area contributed by atoms with Crippen LogP contribution in [0.5, 0.6) is 5.88 Å². The summed E-state index contributed by atoms with van der Waals surface area (Å²) in [7, 11) is 3.66. The average Bonchev–Trinajstić information content (AvgIpc) is 2.82. The molecule has 2 aliphatic rings. The van der Waals surface area contributed by atoms with Gasteiger partial charge in [-0.05, 0) is 25.7 Å². The van der Waals surface area contributed by atoms with Crippen LogP contribution in [0.3, 0.4) is 0 Å². The molecule has 1 aliphatic heterocycles. The van der Waals surface area contributed by atoms with Crippen LogP contribution < -0.4 is 4.74 Å². The van der Waals surface area contributed by atoms with Gasteiger partial charge >= 0.3 is 0 Å². The molecule has 0 radical (unpaired) electrons. The maximum absolute atomic E-state index is 10.8.